The van der Waals surface area contributed by atoms with Gasteiger partial charge in [-0.2, -0.15) is 0 Å². The van der Waals surface area contributed by atoms with Crippen LogP contribution in [0.25, 0.3) is 0 Å². The second kappa shape index (κ2) is 5.26. The Labute approximate surface area is 111 Å². The highest BCUT2D eigenvalue weighted by molar-refractivity contribution is 6.30. The summed E-state index contributed by atoms with van der Waals surface area (Å²) in [7, 11) is 0. The van der Waals surface area contributed by atoms with Gasteiger partial charge in [-0.3, -0.25) is 4.79 Å². The van der Waals surface area contributed by atoms with E-state index in [2.05, 4.69) is 0 Å². The van der Waals surface area contributed by atoms with Gasteiger partial charge < -0.3 is 14.7 Å². The van der Waals surface area contributed by atoms with E-state index < -0.39 is 5.60 Å². The zero-order valence-corrected chi connectivity index (χ0v) is 11.0. The Morgan fingerprint density at radius 1 is 1.56 bits per heavy atom. The number of halogens is 1. The van der Waals surface area contributed by atoms with Crippen LogP contribution in [0.4, 0.5) is 5.69 Å². The van der Waals surface area contributed by atoms with E-state index in [-0.39, 0.29) is 19.1 Å². The van der Waals surface area contributed by atoms with E-state index in [4.69, 9.17) is 21.4 Å². The summed E-state index contributed by atoms with van der Waals surface area (Å²) in [6.07, 6.45) is 0.497. The minimum Gasteiger partial charge on any atom is -0.396 e. The molecule has 0 radical (unpaired) electrons. The lowest BCUT2D eigenvalue weighted by atomic mass is 9.99. The van der Waals surface area contributed by atoms with Crippen molar-refractivity contribution in [3.8, 4) is 0 Å². The van der Waals surface area contributed by atoms with Gasteiger partial charge in [-0.1, -0.05) is 17.7 Å². The third kappa shape index (κ3) is 2.83. The van der Waals surface area contributed by atoms with Crippen LogP contribution in [0.1, 0.15) is 13.3 Å². The first kappa shape index (κ1) is 13.3. The number of ether oxygens (including phenoxy) is 1. The predicted molar refractivity (Wildman–Crippen MR) is 69.9 cm³/mol. The van der Waals surface area contributed by atoms with Crippen LogP contribution in [0, 0.1) is 0 Å². The normalized spacial score (nSPS) is 24.4. The third-order valence-electron chi connectivity index (χ3n) is 3.10. The molecule has 5 heteroatoms. The number of carbonyl (C=O) groups excluding carboxylic acids is 1. The van der Waals surface area contributed by atoms with Crippen molar-refractivity contribution in [2.45, 2.75) is 18.9 Å². The molecule has 1 aromatic rings. The standard InChI is InChI=1S/C13H16ClNO3/c1-13(5-6-16)9-15(12(17)8-18-13)11-4-2-3-10(14)7-11/h2-4,7,16H,5-6,8-9H2,1H3. The van der Waals surface area contributed by atoms with Gasteiger partial charge in [0.1, 0.15) is 6.61 Å². The Balaban J connectivity index is 2.23. The van der Waals surface area contributed by atoms with E-state index in [1.807, 2.05) is 19.1 Å². The summed E-state index contributed by atoms with van der Waals surface area (Å²) < 4.78 is 5.52. The molecule has 1 aliphatic rings. The molecule has 1 amide bonds. The van der Waals surface area contributed by atoms with Gasteiger partial charge in [0.05, 0.1) is 12.1 Å². The number of hydrogen-bond acceptors (Lipinski definition) is 3. The smallest absolute Gasteiger partial charge is 0.253 e. The van der Waals surface area contributed by atoms with Crippen molar-refractivity contribution in [3.05, 3.63) is 29.3 Å². The fraction of sp³-hybridized carbons (Fsp3) is 0.462. The number of morpholine rings is 1. The lowest BCUT2D eigenvalue weighted by Crippen LogP contribution is -2.53. The van der Waals surface area contributed by atoms with Gasteiger partial charge >= 0.3 is 0 Å². The van der Waals surface area contributed by atoms with E-state index >= 15 is 0 Å². The molecule has 1 aromatic carbocycles. The first-order valence-electron chi connectivity index (χ1n) is 5.85. The zero-order valence-electron chi connectivity index (χ0n) is 10.2. The Bertz CT molecular complexity index is 452. The van der Waals surface area contributed by atoms with Gasteiger partial charge in [0.25, 0.3) is 5.91 Å². The average Bonchev–Trinajstić information content (AvgIpc) is 2.33. The van der Waals surface area contributed by atoms with Crippen LogP contribution in [0.15, 0.2) is 24.3 Å². The number of aliphatic hydroxyl groups excluding tert-OH is 1. The van der Waals surface area contributed by atoms with Crippen molar-refractivity contribution in [1.82, 2.24) is 0 Å². The van der Waals surface area contributed by atoms with Crippen molar-refractivity contribution in [3.63, 3.8) is 0 Å². The Hall–Kier alpha value is -1.10. The Morgan fingerprint density at radius 2 is 2.33 bits per heavy atom. The van der Waals surface area contributed by atoms with Gasteiger partial charge in [0.2, 0.25) is 0 Å². The summed E-state index contributed by atoms with van der Waals surface area (Å²) in [5.74, 6) is -0.0901. The second-order valence-corrected chi connectivity index (χ2v) is 5.11. The number of anilines is 1. The number of rotatable bonds is 3. The molecule has 98 valence electrons. The molecule has 1 unspecified atom stereocenters. The molecule has 0 saturated carbocycles. The molecule has 1 fully saturated rings. The Morgan fingerprint density at radius 3 is 3.00 bits per heavy atom. The molecule has 4 nitrogen and oxygen atoms in total. The van der Waals surface area contributed by atoms with Gasteiger partial charge in [-0.15, -0.1) is 0 Å². The molecule has 0 aromatic heterocycles. The number of aliphatic hydroxyl groups is 1. The number of hydrogen-bond donors (Lipinski definition) is 1. The quantitative estimate of drug-likeness (QED) is 0.911. The molecule has 0 aliphatic carbocycles. The largest absolute Gasteiger partial charge is 0.396 e. The number of nitrogens with zero attached hydrogens (tertiary/aromatic N) is 1. The summed E-state index contributed by atoms with van der Waals surface area (Å²) in [5.41, 5.74) is 0.255. The van der Waals surface area contributed by atoms with Gasteiger partial charge in [0, 0.05) is 23.7 Å². The molecule has 1 heterocycles. The molecule has 1 N–H and O–H groups in total. The van der Waals surface area contributed by atoms with Crippen LogP contribution in [0.5, 0.6) is 0 Å². The van der Waals surface area contributed by atoms with Crippen LogP contribution in [-0.4, -0.2) is 36.4 Å². The summed E-state index contributed by atoms with van der Waals surface area (Å²) >= 11 is 5.93. The zero-order chi connectivity index (χ0) is 13.2. The molecular weight excluding hydrogens is 254 g/mol. The highest BCUT2D eigenvalue weighted by Gasteiger charge is 2.36. The van der Waals surface area contributed by atoms with E-state index in [0.29, 0.717) is 18.0 Å². The van der Waals surface area contributed by atoms with E-state index in [9.17, 15) is 4.79 Å². The summed E-state index contributed by atoms with van der Waals surface area (Å²) in [6, 6.07) is 7.17. The van der Waals surface area contributed by atoms with Crippen LogP contribution < -0.4 is 4.90 Å². The van der Waals surface area contributed by atoms with Gasteiger partial charge in [-0.05, 0) is 25.1 Å². The molecule has 1 aliphatic heterocycles. The molecule has 1 atom stereocenters. The Kier molecular flexibility index (Phi) is 3.90. The highest BCUT2D eigenvalue weighted by Crippen LogP contribution is 2.27. The maximum Gasteiger partial charge on any atom is 0.253 e. The van der Waals surface area contributed by atoms with Gasteiger partial charge in [-0.25, -0.2) is 0 Å². The first-order valence-corrected chi connectivity index (χ1v) is 6.23. The summed E-state index contributed by atoms with van der Waals surface area (Å²) in [4.78, 5) is 13.6. The predicted octanol–water partition coefficient (Wildman–Crippen LogP) is 1.84. The maximum absolute atomic E-state index is 11.9. The monoisotopic (exact) mass is 269 g/mol. The molecule has 2 rings (SSSR count). The lowest BCUT2D eigenvalue weighted by molar-refractivity contribution is -0.138. The minimum absolute atomic E-state index is 0.0308. The van der Waals surface area contributed by atoms with E-state index in [1.54, 1.807) is 17.0 Å². The molecule has 0 spiro atoms. The van der Waals surface area contributed by atoms with Crippen LogP contribution in [0.3, 0.4) is 0 Å². The number of carbonyl (C=O) groups is 1. The van der Waals surface area contributed by atoms with Crippen LogP contribution in [-0.2, 0) is 9.53 Å². The van der Waals surface area contributed by atoms with Crippen LogP contribution >= 0.6 is 11.6 Å². The topological polar surface area (TPSA) is 49.8 Å². The fourth-order valence-corrected chi connectivity index (χ4v) is 2.23. The van der Waals surface area contributed by atoms with E-state index in [1.165, 1.54) is 0 Å². The second-order valence-electron chi connectivity index (χ2n) is 4.67. The fourth-order valence-electron chi connectivity index (χ4n) is 2.05. The number of amides is 1. The molecule has 0 bridgehead atoms. The van der Waals surface area contributed by atoms with Gasteiger partial charge in [0.15, 0.2) is 0 Å². The van der Waals surface area contributed by atoms with Crippen molar-refractivity contribution in [1.29, 1.82) is 0 Å². The summed E-state index contributed by atoms with van der Waals surface area (Å²) in [5, 5.41) is 9.64. The van der Waals surface area contributed by atoms with Crippen molar-refractivity contribution < 1.29 is 14.6 Å². The van der Waals surface area contributed by atoms with Crippen LogP contribution in [0.2, 0.25) is 5.02 Å². The van der Waals surface area contributed by atoms with Crippen molar-refractivity contribution in [2.24, 2.45) is 0 Å². The average molecular weight is 270 g/mol. The van der Waals surface area contributed by atoms with Crippen molar-refractivity contribution >= 4 is 23.2 Å². The first-order chi connectivity index (χ1) is 8.54. The maximum atomic E-state index is 11.9. The SMILES string of the molecule is CC1(CCO)CN(c2cccc(Cl)c2)C(=O)CO1. The highest BCUT2D eigenvalue weighted by atomic mass is 35.5. The molecular formula is C13H16ClNO3. The number of benzene rings is 1. The minimum atomic E-state index is -0.509. The molecule has 18 heavy (non-hydrogen) atoms. The van der Waals surface area contributed by atoms with E-state index in [0.717, 1.165) is 5.69 Å². The molecule has 1 saturated heterocycles. The third-order valence-corrected chi connectivity index (χ3v) is 3.33. The lowest BCUT2D eigenvalue weighted by Gasteiger charge is -2.40. The van der Waals surface area contributed by atoms with Crippen molar-refractivity contribution in [2.75, 3.05) is 24.7 Å². The summed E-state index contributed by atoms with van der Waals surface area (Å²) in [6.45, 7) is 2.39.